The van der Waals surface area contributed by atoms with Gasteiger partial charge in [0.1, 0.15) is 5.75 Å². The van der Waals surface area contributed by atoms with Crippen LogP contribution < -0.4 is 4.74 Å². The van der Waals surface area contributed by atoms with Crippen molar-refractivity contribution in [2.45, 2.75) is 33.6 Å². The topological polar surface area (TPSA) is 26.3 Å². The number of carbonyl (C=O) groups is 1. The molecule has 0 amide bonds. The van der Waals surface area contributed by atoms with Gasteiger partial charge in [0.25, 0.3) is 0 Å². The highest BCUT2D eigenvalue weighted by Gasteiger charge is 2.12. The Morgan fingerprint density at radius 2 is 1.57 bits per heavy atom. The molecule has 0 aromatic heterocycles. The Bertz CT molecular complexity index is 657. The van der Waals surface area contributed by atoms with E-state index in [0.717, 1.165) is 29.7 Å². The van der Waals surface area contributed by atoms with E-state index in [-0.39, 0.29) is 5.78 Å². The third kappa shape index (κ3) is 3.15. The van der Waals surface area contributed by atoms with E-state index in [0.29, 0.717) is 5.56 Å². The van der Waals surface area contributed by atoms with E-state index in [2.05, 4.69) is 19.9 Å². The number of hydrogen-bond donors (Lipinski definition) is 0. The molecule has 0 spiro atoms. The molecule has 0 atom stereocenters. The predicted octanol–water partition coefficient (Wildman–Crippen LogP) is 4.36. The molecule has 0 heterocycles. The minimum Gasteiger partial charge on any atom is -0.496 e. The van der Waals surface area contributed by atoms with E-state index in [1.807, 2.05) is 37.3 Å². The molecule has 0 radical (unpaired) electrons. The second kappa shape index (κ2) is 6.57. The lowest BCUT2D eigenvalue weighted by Crippen LogP contribution is -2.04. The summed E-state index contributed by atoms with van der Waals surface area (Å²) in [6, 6.07) is 11.6. The van der Waals surface area contributed by atoms with E-state index in [4.69, 9.17) is 4.74 Å². The van der Waals surface area contributed by atoms with Crippen molar-refractivity contribution in [3.05, 3.63) is 64.2 Å². The molecule has 0 saturated heterocycles. The van der Waals surface area contributed by atoms with E-state index >= 15 is 0 Å². The minimum absolute atomic E-state index is 0.0469. The van der Waals surface area contributed by atoms with E-state index in [1.54, 1.807) is 7.11 Å². The van der Waals surface area contributed by atoms with Crippen LogP contribution in [0.25, 0.3) is 0 Å². The van der Waals surface area contributed by atoms with Gasteiger partial charge >= 0.3 is 0 Å². The Labute approximate surface area is 126 Å². The van der Waals surface area contributed by atoms with Crippen LogP contribution in [0.5, 0.6) is 5.75 Å². The van der Waals surface area contributed by atoms with Crippen molar-refractivity contribution in [3.63, 3.8) is 0 Å². The Balaban J connectivity index is 2.40. The minimum atomic E-state index is 0.0469. The van der Waals surface area contributed by atoms with Crippen molar-refractivity contribution < 1.29 is 9.53 Å². The summed E-state index contributed by atoms with van der Waals surface area (Å²) in [5.74, 6) is 0.799. The Kier molecular flexibility index (Phi) is 4.79. The number of hydrogen-bond acceptors (Lipinski definition) is 2. The van der Waals surface area contributed by atoms with Crippen LogP contribution in [0.4, 0.5) is 0 Å². The zero-order valence-corrected chi connectivity index (χ0v) is 13.2. The molecule has 0 saturated carbocycles. The first-order valence-electron chi connectivity index (χ1n) is 7.41. The average molecular weight is 282 g/mol. The predicted molar refractivity (Wildman–Crippen MR) is 86.4 cm³/mol. The number of rotatable bonds is 5. The molecule has 2 aromatic rings. The van der Waals surface area contributed by atoms with Crippen LogP contribution in [-0.4, -0.2) is 12.9 Å². The quantitative estimate of drug-likeness (QED) is 0.762. The number of ether oxygens (including phenoxy) is 1. The first-order chi connectivity index (χ1) is 10.1. The molecule has 0 aliphatic rings. The molecule has 0 unspecified atom stereocenters. The smallest absolute Gasteiger partial charge is 0.193 e. The molecule has 0 N–H and O–H groups in total. The van der Waals surface area contributed by atoms with Gasteiger partial charge in [0.15, 0.2) is 5.78 Å². The summed E-state index contributed by atoms with van der Waals surface area (Å²) in [4.78, 5) is 12.6. The van der Waals surface area contributed by atoms with Gasteiger partial charge in [-0.2, -0.15) is 0 Å². The summed E-state index contributed by atoms with van der Waals surface area (Å²) < 4.78 is 5.30. The van der Waals surface area contributed by atoms with Gasteiger partial charge in [-0.15, -0.1) is 0 Å². The third-order valence-corrected chi connectivity index (χ3v) is 3.90. The first kappa shape index (κ1) is 15.3. The van der Waals surface area contributed by atoms with E-state index < -0.39 is 0 Å². The Hall–Kier alpha value is -2.09. The molecule has 2 aromatic carbocycles. The molecule has 110 valence electrons. The van der Waals surface area contributed by atoms with Gasteiger partial charge in [0, 0.05) is 11.1 Å². The molecule has 2 rings (SSSR count). The number of carbonyl (C=O) groups excluding carboxylic acids is 1. The Morgan fingerprint density at radius 3 is 2.19 bits per heavy atom. The highest BCUT2D eigenvalue weighted by molar-refractivity contribution is 6.09. The van der Waals surface area contributed by atoms with Gasteiger partial charge in [-0.1, -0.05) is 38.1 Å². The lowest BCUT2D eigenvalue weighted by Gasteiger charge is -2.10. The second-order valence-corrected chi connectivity index (χ2v) is 5.20. The van der Waals surface area contributed by atoms with Crippen molar-refractivity contribution in [1.29, 1.82) is 0 Å². The zero-order valence-electron chi connectivity index (χ0n) is 13.2. The van der Waals surface area contributed by atoms with Crippen LogP contribution in [0, 0.1) is 6.92 Å². The molecule has 0 bridgehead atoms. The highest BCUT2D eigenvalue weighted by atomic mass is 16.5. The molecule has 0 aliphatic heterocycles. The monoisotopic (exact) mass is 282 g/mol. The van der Waals surface area contributed by atoms with E-state index in [9.17, 15) is 4.79 Å². The van der Waals surface area contributed by atoms with Crippen molar-refractivity contribution in [1.82, 2.24) is 0 Å². The molecule has 2 nitrogen and oxygen atoms in total. The number of benzene rings is 2. The maximum Gasteiger partial charge on any atom is 0.193 e. The molecule has 0 fully saturated rings. The number of methoxy groups -OCH3 is 1. The van der Waals surface area contributed by atoms with Crippen LogP contribution >= 0.6 is 0 Å². The summed E-state index contributed by atoms with van der Waals surface area (Å²) in [6.07, 6.45) is 1.94. The molecule has 2 heteroatoms. The van der Waals surface area contributed by atoms with Gasteiger partial charge in [0.2, 0.25) is 0 Å². The van der Waals surface area contributed by atoms with Crippen LogP contribution in [0.1, 0.15) is 46.5 Å². The van der Waals surface area contributed by atoms with Gasteiger partial charge in [0.05, 0.1) is 7.11 Å². The number of aryl methyl sites for hydroxylation is 3. The Morgan fingerprint density at radius 1 is 0.952 bits per heavy atom. The maximum atomic E-state index is 12.6. The third-order valence-electron chi connectivity index (χ3n) is 3.90. The average Bonchev–Trinajstić information content (AvgIpc) is 2.53. The van der Waals surface area contributed by atoms with Crippen molar-refractivity contribution in [2.75, 3.05) is 7.11 Å². The summed E-state index contributed by atoms with van der Waals surface area (Å²) in [6.45, 7) is 6.23. The van der Waals surface area contributed by atoms with E-state index in [1.165, 1.54) is 11.1 Å². The highest BCUT2D eigenvalue weighted by Crippen LogP contribution is 2.22. The fourth-order valence-corrected chi connectivity index (χ4v) is 2.57. The van der Waals surface area contributed by atoms with Crippen molar-refractivity contribution in [2.24, 2.45) is 0 Å². The molecule has 21 heavy (non-hydrogen) atoms. The standard InChI is InChI=1S/C19H22O2/c1-5-14-9-10-16(11-15(14)6-2)19(20)17-8-7-13(3)18(12-17)21-4/h7-12H,5-6H2,1-4H3. The van der Waals surface area contributed by atoms with Crippen LogP contribution in [0.2, 0.25) is 0 Å². The van der Waals surface area contributed by atoms with Crippen LogP contribution in [-0.2, 0) is 12.8 Å². The number of ketones is 1. The fourth-order valence-electron chi connectivity index (χ4n) is 2.57. The van der Waals surface area contributed by atoms with Crippen LogP contribution in [0.15, 0.2) is 36.4 Å². The maximum absolute atomic E-state index is 12.6. The molecule has 0 aliphatic carbocycles. The largest absolute Gasteiger partial charge is 0.496 e. The normalized spacial score (nSPS) is 10.5. The van der Waals surface area contributed by atoms with Crippen LogP contribution in [0.3, 0.4) is 0 Å². The lowest BCUT2D eigenvalue weighted by molar-refractivity contribution is 0.103. The lowest BCUT2D eigenvalue weighted by atomic mass is 9.95. The van der Waals surface area contributed by atoms with Crippen molar-refractivity contribution >= 4 is 5.78 Å². The summed E-state index contributed by atoms with van der Waals surface area (Å²) >= 11 is 0. The SMILES string of the molecule is CCc1ccc(C(=O)c2ccc(C)c(OC)c2)cc1CC. The summed E-state index contributed by atoms with van der Waals surface area (Å²) in [5.41, 5.74) is 5.02. The van der Waals surface area contributed by atoms with Crippen molar-refractivity contribution in [3.8, 4) is 5.75 Å². The summed E-state index contributed by atoms with van der Waals surface area (Å²) in [5, 5.41) is 0. The van der Waals surface area contributed by atoms with Gasteiger partial charge in [-0.25, -0.2) is 0 Å². The summed E-state index contributed by atoms with van der Waals surface area (Å²) in [7, 11) is 1.63. The first-order valence-corrected chi connectivity index (χ1v) is 7.41. The molecular weight excluding hydrogens is 260 g/mol. The molecular formula is C19H22O2. The zero-order chi connectivity index (χ0) is 15.4. The van der Waals surface area contributed by atoms with Gasteiger partial charge in [-0.05, 0) is 48.6 Å². The fraction of sp³-hybridized carbons (Fsp3) is 0.316. The van der Waals surface area contributed by atoms with Gasteiger partial charge < -0.3 is 4.74 Å². The second-order valence-electron chi connectivity index (χ2n) is 5.20. The van der Waals surface area contributed by atoms with Gasteiger partial charge in [-0.3, -0.25) is 4.79 Å².